The second-order valence-corrected chi connectivity index (χ2v) is 10.1. The van der Waals surface area contributed by atoms with Crippen molar-refractivity contribution in [3.8, 4) is 0 Å². The second kappa shape index (κ2) is 6.66. The third-order valence-electron chi connectivity index (χ3n) is 4.90. The molecule has 2 aliphatic heterocycles. The van der Waals surface area contributed by atoms with E-state index in [0.29, 0.717) is 13.0 Å². The zero-order valence-corrected chi connectivity index (χ0v) is 15.5. The van der Waals surface area contributed by atoms with E-state index in [0.717, 1.165) is 29.9 Å². The third-order valence-corrected chi connectivity index (χ3v) is 7.81. The summed E-state index contributed by atoms with van der Waals surface area (Å²) in [5, 5.41) is 3.95. The summed E-state index contributed by atoms with van der Waals surface area (Å²) in [6.45, 7) is 1.17. The molecule has 8 heteroatoms. The van der Waals surface area contributed by atoms with E-state index in [-0.39, 0.29) is 29.5 Å². The Hall–Kier alpha value is -1.51. The number of hydrogen-bond acceptors (Lipinski definition) is 6. The highest BCUT2D eigenvalue weighted by molar-refractivity contribution is 7.91. The quantitative estimate of drug-likeness (QED) is 0.875. The van der Waals surface area contributed by atoms with Gasteiger partial charge < -0.3 is 5.32 Å². The van der Waals surface area contributed by atoms with Gasteiger partial charge in [0.15, 0.2) is 9.84 Å². The van der Waals surface area contributed by atoms with Crippen LogP contribution in [0, 0.1) is 0 Å². The van der Waals surface area contributed by atoms with E-state index in [9.17, 15) is 13.2 Å². The van der Waals surface area contributed by atoms with Crippen LogP contribution in [0.4, 0.5) is 0 Å². The fraction of sp³-hybridized carbons (Fsp3) is 0.529. The normalized spacial score (nSPS) is 26.2. The minimum Gasteiger partial charge on any atom is -0.351 e. The average molecular weight is 380 g/mol. The minimum absolute atomic E-state index is 0.0695. The minimum atomic E-state index is -2.97. The van der Waals surface area contributed by atoms with Crippen molar-refractivity contribution in [2.45, 2.75) is 31.3 Å². The number of amides is 1. The standard InChI is InChI=1S/C17H21N3O3S2/c21-16(18-12-7-9-25(22,23)11-12)10-20-8-3-5-14(20)17-19-13-4-1-2-6-15(13)24-17/h1-2,4,6,12,14H,3,5,7-11H2,(H,18,21). The van der Waals surface area contributed by atoms with Gasteiger partial charge in [0.2, 0.25) is 5.91 Å². The van der Waals surface area contributed by atoms with Gasteiger partial charge in [-0.2, -0.15) is 0 Å². The lowest BCUT2D eigenvalue weighted by atomic mass is 10.2. The lowest BCUT2D eigenvalue weighted by molar-refractivity contribution is -0.123. The first-order valence-electron chi connectivity index (χ1n) is 8.59. The lowest BCUT2D eigenvalue weighted by Crippen LogP contribution is -2.42. The van der Waals surface area contributed by atoms with Gasteiger partial charge in [0.05, 0.1) is 34.3 Å². The molecule has 2 aliphatic rings. The molecule has 1 amide bonds. The first-order valence-corrected chi connectivity index (χ1v) is 11.2. The molecule has 6 nitrogen and oxygen atoms in total. The molecule has 4 rings (SSSR count). The van der Waals surface area contributed by atoms with Gasteiger partial charge in [-0.25, -0.2) is 13.4 Å². The predicted molar refractivity (Wildman–Crippen MR) is 98.4 cm³/mol. The first kappa shape index (κ1) is 16.9. The summed E-state index contributed by atoms with van der Waals surface area (Å²) < 4.78 is 24.2. The molecule has 134 valence electrons. The van der Waals surface area contributed by atoms with Crippen LogP contribution in [-0.2, 0) is 14.6 Å². The number of sulfone groups is 1. The van der Waals surface area contributed by atoms with Crippen molar-refractivity contribution in [2.24, 2.45) is 0 Å². The molecule has 2 aromatic rings. The zero-order valence-electron chi connectivity index (χ0n) is 13.8. The van der Waals surface area contributed by atoms with Gasteiger partial charge in [0, 0.05) is 6.04 Å². The molecule has 0 saturated carbocycles. The smallest absolute Gasteiger partial charge is 0.234 e. The number of para-hydroxylation sites is 1. The van der Waals surface area contributed by atoms with Crippen LogP contribution < -0.4 is 5.32 Å². The molecule has 1 aromatic carbocycles. The molecule has 0 radical (unpaired) electrons. The Morgan fingerprint density at radius 2 is 2.16 bits per heavy atom. The fourth-order valence-electron chi connectivity index (χ4n) is 3.69. The van der Waals surface area contributed by atoms with E-state index in [1.807, 2.05) is 18.2 Å². The Kier molecular flexibility index (Phi) is 4.51. The van der Waals surface area contributed by atoms with Crippen LogP contribution in [0.25, 0.3) is 10.2 Å². The number of fused-ring (bicyclic) bond motifs is 1. The molecule has 3 heterocycles. The van der Waals surface area contributed by atoms with Crippen LogP contribution in [0.15, 0.2) is 24.3 Å². The average Bonchev–Trinajstić information content (AvgIpc) is 3.25. The molecular weight excluding hydrogens is 358 g/mol. The molecule has 2 fully saturated rings. The molecule has 0 bridgehead atoms. The van der Waals surface area contributed by atoms with Crippen LogP contribution >= 0.6 is 11.3 Å². The predicted octanol–water partition coefficient (Wildman–Crippen LogP) is 1.74. The van der Waals surface area contributed by atoms with Gasteiger partial charge in [0.1, 0.15) is 5.01 Å². The summed E-state index contributed by atoms with van der Waals surface area (Å²) in [5.74, 6) is 0.158. The van der Waals surface area contributed by atoms with Crippen molar-refractivity contribution in [3.05, 3.63) is 29.3 Å². The molecule has 2 unspecified atom stereocenters. The molecule has 1 aromatic heterocycles. The van der Waals surface area contributed by atoms with E-state index >= 15 is 0 Å². The van der Waals surface area contributed by atoms with Crippen LogP contribution in [-0.4, -0.2) is 54.8 Å². The second-order valence-electron chi connectivity index (χ2n) is 6.82. The van der Waals surface area contributed by atoms with Gasteiger partial charge >= 0.3 is 0 Å². The Balaban J connectivity index is 1.42. The highest BCUT2D eigenvalue weighted by Gasteiger charge is 2.32. The summed E-state index contributed by atoms with van der Waals surface area (Å²) in [6, 6.07) is 8.03. The number of carbonyl (C=O) groups is 1. The SMILES string of the molecule is O=C(CN1CCCC1c1nc2ccccc2s1)NC1CCS(=O)(=O)C1. The van der Waals surface area contributed by atoms with E-state index in [4.69, 9.17) is 4.98 Å². The molecule has 0 spiro atoms. The number of rotatable bonds is 4. The Bertz CT molecular complexity index is 860. The van der Waals surface area contributed by atoms with Crippen molar-refractivity contribution in [1.82, 2.24) is 15.2 Å². The molecule has 2 saturated heterocycles. The zero-order chi connectivity index (χ0) is 17.4. The van der Waals surface area contributed by atoms with Crippen molar-refractivity contribution < 1.29 is 13.2 Å². The maximum absolute atomic E-state index is 12.4. The third kappa shape index (κ3) is 3.70. The van der Waals surface area contributed by atoms with Crippen LogP contribution in [0.3, 0.4) is 0 Å². The fourth-order valence-corrected chi connectivity index (χ4v) is 6.50. The van der Waals surface area contributed by atoms with Crippen LogP contribution in [0.5, 0.6) is 0 Å². The Morgan fingerprint density at radius 1 is 1.32 bits per heavy atom. The summed E-state index contributed by atoms with van der Waals surface area (Å²) >= 11 is 1.69. The number of likely N-dealkylation sites (tertiary alicyclic amines) is 1. The Morgan fingerprint density at radius 3 is 2.92 bits per heavy atom. The molecule has 25 heavy (non-hydrogen) atoms. The number of carbonyl (C=O) groups excluding carboxylic acids is 1. The number of aromatic nitrogens is 1. The molecule has 0 aliphatic carbocycles. The highest BCUT2D eigenvalue weighted by atomic mass is 32.2. The van der Waals surface area contributed by atoms with Gasteiger partial charge in [-0.15, -0.1) is 11.3 Å². The highest BCUT2D eigenvalue weighted by Crippen LogP contribution is 2.36. The molecule has 2 atom stereocenters. The van der Waals surface area contributed by atoms with Crippen molar-refractivity contribution in [3.63, 3.8) is 0 Å². The number of nitrogens with zero attached hydrogens (tertiary/aromatic N) is 2. The first-order chi connectivity index (χ1) is 12.0. The number of nitrogens with one attached hydrogen (secondary N) is 1. The van der Waals surface area contributed by atoms with Gasteiger partial charge in [-0.1, -0.05) is 12.1 Å². The topological polar surface area (TPSA) is 79.4 Å². The van der Waals surface area contributed by atoms with E-state index in [1.165, 1.54) is 4.70 Å². The monoisotopic (exact) mass is 379 g/mol. The van der Waals surface area contributed by atoms with Crippen molar-refractivity contribution in [1.29, 1.82) is 0 Å². The van der Waals surface area contributed by atoms with Gasteiger partial charge in [-0.3, -0.25) is 9.69 Å². The molecule has 1 N–H and O–H groups in total. The van der Waals surface area contributed by atoms with Crippen LogP contribution in [0.1, 0.15) is 30.3 Å². The number of thiazole rings is 1. The van der Waals surface area contributed by atoms with Gasteiger partial charge in [0.25, 0.3) is 0 Å². The largest absolute Gasteiger partial charge is 0.351 e. The summed E-state index contributed by atoms with van der Waals surface area (Å²) in [4.78, 5) is 19.3. The summed E-state index contributed by atoms with van der Waals surface area (Å²) in [7, 11) is -2.97. The number of hydrogen-bond donors (Lipinski definition) is 1. The van der Waals surface area contributed by atoms with Crippen LogP contribution in [0.2, 0.25) is 0 Å². The van der Waals surface area contributed by atoms with Crippen molar-refractivity contribution in [2.75, 3.05) is 24.6 Å². The maximum Gasteiger partial charge on any atom is 0.234 e. The Labute approximate surface area is 151 Å². The maximum atomic E-state index is 12.4. The summed E-state index contributed by atoms with van der Waals surface area (Å²) in [5.41, 5.74) is 1.01. The number of benzene rings is 1. The lowest BCUT2D eigenvalue weighted by Gasteiger charge is -2.23. The summed E-state index contributed by atoms with van der Waals surface area (Å²) in [6.07, 6.45) is 2.58. The van der Waals surface area contributed by atoms with E-state index in [2.05, 4.69) is 16.3 Å². The van der Waals surface area contributed by atoms with Crippen molar-refractivity contribution >= 4 is 37.3 Å². The van der Waals surface area contributed by atoms with E-state index < -0.39 is 9.84 Å². The molecular formula is C17H21N3O3S2. The van der Waals surface area contributed by atoms with Gasteiger partial charge in [-0.05, 0) is 37.9 Å². The van der Waals surface area contributed by atoms with E-state index in [1.54, 1.807) is 11.3 Å².